The van der Waals surface area contributed by atoms with Gasteiger partial charge in [-0.1, -0.05) is 36.4 Å². The fourth-order valence-electron chi connectivity index (χ4n) is 7.61. The molecule has 3 aromatic heterocycles. The third kappa shape index (κ3) is 5.30. The maximum Gasteiger partial charge on any atom is 0.420 e. The van der Waals surface area contributed by atoms with Gasteiger partial charge in [-0.15, -0.1) is 0 Å². The molecule has 0 saturated carbocycles. The van der Waals surface area contributed by atoms with Gasteiger partial charge in [0.2, 0.25) is 0 Å². The smallest absolute Gasteiger partial charge is 0.309 e. The second kappa shape index (κ2) is 12.7. The zero-order valence-electron chi connectivity index (χ0n) is 29.0. The number of hydrogen-bond acceptors (Lipinski definition) is 5. The first-order valence-corrected chi connectivity index (χ1v) is 17.3. The minimum atomic E-state index is -4.94. The Morgan fingerprint density at radius 1 is 0.429 bits per heavy atom. The summed E-state index contributed by atoms with van der Waals surface area (Å²) >= 11 is 0. The Balaban J connectivity index is 1.48. The van der Waals surface area contributed by atoms with E-state index in [-0.39, 0.29) is 11.4 Å². The van der Waals surface area contributed by atoms with E-state index in [1.807, 2.05) is 42.5 Å². The number of pyridine rings is 1. The quantitative estimate of drug-likeness (QED) is 0.179. The molecule has 262 valence electrons. The maximum absolute atomic E-state index is 16.2. The van der Waals surface area contributed by atoms with E-state index >= 15 is 13.2 Å². The number of halogens is 3. The van der Waals surface area contributed by atoms with E-state index in [0.717, 1.165) is 5.56 Å². The van der Waals surface area contributed by atoms with Crippen LogP contribution in [0.15, 0.2) is 133 Å². The van der Waals surface area contributed by atoms with Gasteiger partial charge in [0.15, 0.2) is 0 Å². The minimum absolute atomic E-state index is 0.205. The number of rotatable bonds is 4. The van der Waals surface area contributed by atoms with Crippen LogP contribution >= 0.6 is 0 Å². The van der Waals surface area contributed by atoms with Gasteiger partial charge in [0.05, 0.1) is 91.4 Å². The Labute approximate surface area is 316 Å². The summed E-state index contributed by atoms with van der Waals surface area (Å²) in [6.45, 7) is 0. The van der Waals surface area contributed by atoms with E-state index in [9.17, 15) is 21.0 Å². The van der Waals surface area contributed by atoms with Crippen molar-refractivity contribution < 1.29 is 13.2 Å². The lowest BCUT2D eigenvalue weighted by atomic mass is 10.0. The van der Waals surface area contributed by atoms with Gasteiger partial charge >= 0.3 is 6.18 Å². The van der Waals surface area contributed by atoms with Gasteiger partial charge in [0.1, 0.15) is 5.56 Å². The fraction of sp³-hybridized carbons (Fsp3) is 0.0217. The molecule has 10 heteroatoms. The van der Waals surface area contributed by atoms with E-state index in [2.05, 4.69) is 24.3 Å². The number of alkyl halides is 3. The second-order valence-electron chi connectivity index (χ2n) is 13.2. The molecule has 0 aliphatic heterocycles. The first kappa shape index (κ1) is 33.6. The van der Waals surface area contributed by atoms with Gasteiger partial charge in [-0.3, -0.25) is 0 Å². The van der Waals surface area contributed by atoms with Crippen LogP contribution in [0.4, 0.5) is 13.2 Å². The number of hydrogen-bond donors (Lipinski definition) is 0. The summed E-state index contributed by atoms with van der Waals surface area (Å²) in [5.74, 6) is 0. The molecule has 0 aliphatic rings. The highest BCUT2D eigenvalue weighted by molar-refractivity contribution is 6.12. The van der Waals surface area contributed by atoms with Crippen molar-refractivity contribution in [2.24, 2.45) is 0 Å². The van der Waals surface area contributed by atoms with E-state index in [4.69, 9.17) is 4.98 Å². The van der Waals surface area contributed by atoms with Crippen LogP contribution in [0, 0.1) is 45.3 Å². The molecule has 9 aromatic rings. The van der Waals surface area contributed by atoms with Crippen LogP contribution < -0.4 is 0 Å². The summed E-state index contributed by atoms with van der Waals surface area (Å²) in [4.78, 5) is 4.95. The topological polar surface area (TPSA) is 118 Å². The van der Waals surface area contributed by atoms with E-state index < -0.39 is 11.7 Å². The van der Waals surface area contributed by atoms with Crippen LogP contribution in [0.5, 0.6) is 0 Å². The largest absolute Gasteiger partial charge is 0.420 e. The Kier molecular flexibility index (Phi) is 7.66. The van der Waals surface area contributed by atoms with Crippen LogP contribution in [-0.4, -0.2) is 14.1 Å². The molecule has 0 unspecified atom stereocenters. The van der Waals surface area contributed by atoms with Crippen molar-refractivity contribution >= 4 is 43.6 Å². The van der Waals surface area contributed by atoms with E-state index in [1.165, 1.54) is 21.3 Å². The zero-order valence-corrected chi connectivity index (χ0v) is 29.0. The normalized spacial score (nSPS) is 11.4. The van der Waals surface area contributed by atoms with Gasteiger partial charge in [-0.25, -0.2) is 4.98 Å². The molecule has 0 atom stereocenters. The first-order chi connectivity index (χ1) is 27.2. The average molecular weight is 730 g/mol. The lowest BCUT2D eigenvalue weighted by Gasteiger charge is -2.23. The Morgan fingerprint density at radius 3 is 1.16 bits per heavy atom. The second-order valence-corrected chi connectivity index (χ2v) is 13.2. The molecule has 0 N–H and O–H groups in total. The van der Waals surface area contributed by atoms with Crippen molar-refractivity contribution in [3.05, 3.63) is 161 Å². The number of benzene rings is 6. The third-order valence-corrected chi connectivity index (χ3v) is 10.0. The highest BCUT2D eigenvalue weighted by Gasteiger charge is 2.39. The van der Waals surface area contributed by atoms with Crippen molar-refractivity contribution in [2.45, 2.75) is 6.18 Å². The Morgan fingerprint density at radius 2 is 0.804 bits per heavy atom. The molecule has 6 aromatic carbocycles. The molecule has 0 amide bonds. The van der Waals surface area contributed by atoms with Crippen molar-refractivity contribution in [3.63, 3.8) is 0 Å². The number of nitriles is 4. The molecule has 9 rings (SSSR count). The number of aromatic nitrogens is 3. The third-order valence-electron chi connectivity index (χ3n) is 10.0. The molecular weight excluding hydrogens is 708 g/mol. The average Bonchev–Trinajstić information content (AvgIpc) is 3.74. The summed E-state index contributed by atoms with van der Waals surface area (Å²) in [6, 6.07) is 45.4. The highest BCUT2D eigenvalue weighted by atomic mass is 19.4. The van der Waals surface area contributed by atoms with Crippen LogP contribution in [0.25, 0.3) is 77.5 Å². The predicted octanol–water partition coefficient (Wildman–Crippen LogP) is 11.1. The SMILES string of the molecule is N#Cc1ccc2c(c1)c1cc(C#N)ccc1n2-c1cc(-c2cccc(-c3ccccc3)n2)cc(-n2c3ccc(C#N)cc3c3cc(C#N)ccc32)c1C(F)(F)F. The highest BCUT2D eigenvalue weighted by Crippen LogP contribution is 2.46. The van der Waals surface area contributed by atoms with Gasteiger partial charge in [0, 0.05) is 32.7 Å². The van der Waals surface area contributed by atoms with E-state index in [0.29, 0.717) is 82.8 Å². The molecule has 0 saturated heterocycles. The fourth-order valence-corrected chi connectivity index (χ4v) is 7.61. The molecular formula is C46H22F3N7. The van der Waals surface area contributed by atoms with Crippen molar-refractivity contribution in [1.82, 2.24) is 14.1 Å². The lowest BCUT2D eigenvalue weighted by Crippen LogP contribution is -2.16. The van der Waals surface area contributed by atoms with Crippen LogP contribution in [0.1, 0.15) is 27.8 Å². The van der Waals surface area contributed by atoms with Crippen LogP contribution in [-0.2, 0) is 6.18 Å². The maximum atomic E-state index is 16.2. The summed E-state index contributed by atoms with van der Waals surface area (Å²) in [6.07, 6.45) is -4.94. The van der Waals surface area contributed by atoms with Gasteiger partial charge < -0.3 is 9.13 Å². The van der Waals surface area contributed by atoms with Gasteiger partial charge in [0.25, 0.3) is 0 Å². The predicted molar refractivity (Wildman–Crippen MR) is 208 cm³/mol. The Bertz CT molecular complexity index is 2980. The molecule has 0 aliphatic carbocycles. The summed E-state index contributed by atoms with van der Waals surface area (Å²) in [5.41, 5.74) is 3.72. The summed E-state index contributed by atoms with van der Waals surface area (Å²) in [5, 5.41) is 41.2. The molecule has 0 spiro atoms. The number of nitrogens with zero attached hydrogens (tertiary/aromatic N) is 7. The zero-order chi connectivity index (χ0) is 38.7. The number of fused-ring (bicyclic) bond motifs is 6. The standard InChI is InChI=1S/C46H22F3N7/c47-46(48,49)45-43(55-39-13-9-27(23-50)17-33(39)34-18-28(24-51)10-14-40(34)55)21-32(38-8-4-7-37(54-38)31-5-2-1-3-6-31)22-44(45)56-41-15-11-29(25-52)19-35(41)36-20-30(26-53)12-16-42(36)56/h1-22H. The van der Waals surface area contributed by atoms with Crippen LogP contribution in [0.3, 0.4) is 0 Å². The van der Waals surface area contributed by atoms with Crippen LogP contribution in [0.2, 0.25) is 0 Å². The van der Waals surface area contributed by atoms with Crippen molar-refractivity contribution in [2.75, 3.05) is 0 Å². The van der Waals surface area contributed by atoms with Gasteiger partial charge in [-0.05, 0) is 97.1 Å². The molecule has 0 radical (unpaired) electrons. The lowest BCUT2D eigenvalue weighted by molar-refractivity contribution is -0.137. The van der Waals surface area contributed by atoms with Crippen molar-refractivity contribution in [3.8, 4) is 58.2 Å². The monoisotopic (exact) mass is 729 g/mol. The van der Waals surface area contributed by atoms with Gasteiger partial charge in [-0.2, -0.15) is 34.2 Å². The molecule has 7 nitrogen and oxygen atoms in total. The minimum Gasteiger partial charge on any atom is -0.309 e. The molecule has 3 heterocycles. The molecule has 0 fully saturated rings. The molecule has 56 heavy (non-hydrogen) atoms. The summed E-state index contributed by atoms with van der Waals surface area (Å²) in [7, 11) is 0. The Hall–Kier alpha value is -8.18. The van der Waals surface area contributed by atoms with E-state index in [1.54, 1.807) is 78.9 Å². The van der Waals surface area contributed by atoms with Crippen molar-refractivity contribution in [1.29, 1.82) is 21.0 Å². The molecule has 0 bridgehead atoms. The summed E-state index contributed by atoms with van der Waals surface area (Å²) < 4.78 is 51.6. The first-order valence-electron chi connectivity index (χ1n) is 17.3.